The number of carbonyl (C=O) groups is 1. The van der Waals surface area contributed by atoms with Gasteiger partial charge in [-0.05, 0) is 38.7 Å². The van der Waals surface area contributed by atoms with Gasteiger partial charge in [-0.25, -0.2) is 4.79 Å². The molecule has 1 aliphatic heterocycles. The molecule has 2 heterocycles. The zero-order valence-electron chi connectivity index (χ0n) is 14.5. The number of allylic oxidation sites excluding steroid dienone is 1. The molecule has 23 heavy (non-hydrogen) atoms. The van der Waals surface area contributed by atoms with Gasteiger partial charge in [0.05, 0.1) is 19.0 Å². The Morgan fingerprint density at radius 3 is 2.74 bits per heavy atom. The molecular formula is C17H26N4OS. The summed E-state index contributed by atoms with van der Waals surface area (Å²) in [6.07, 6.45) is 5.04. The molecule has 0 atom stereocenters. The second-order valence-electron chi connectivity index (χ2n) is 5.98. The molecule has 1 aliphatic rings. The monoisotopic (exact) mass is 334 g/mol. The van der Waals surface area contributed by atoms with Crippen LogP contribution in [0.25, 0.3) is 0 Å². The number of hydrogen-bond donors (Lipinski definition) is 0. The quantitative estimate of drug-likeness (QED) is 0.746. The first kappa shape index (κ1) is 17.7. The summed E-state index contributed by atoms with van der Waals surface area (Å²) in [5.41, 5.74) is 3.19. The van der Waals surface area contributed by atoms with Gasteiger partial charge < -0.3 is 4.90 Å². The summed E-state index contributed by atoms with van der Waals surface area (Å²) in [6.45, 7) is 14.7. The molecule has 0 saturated carbocycles. The first-order valence-electron chi connectivity index (χ1n) is 7.97. The highest BCUT2D eigenvalue weighted by Gasteiger charge is 2.32. The van der Waals surface area contributed by atoms with E-state index in [1.165, 1.54) is 11.5 Å². The SMILES string of the molecule is C=C(C)CN1CN(C/C=C/C)CN(c2snc(CC)c2C)C1=O. The van der Waals surface area contributed by atoms with E-state index in [1.807, 2.05) is 29.7 Å². The number of hydrogen-bond acceptors (Lipinski definition) is 4. The van der Waals surface area contributed by atoms with Crippen LogP contribution in [-0.2, 0) is 6.42 Å². The molecule has 2 rings (SSSR count). The largest absolute Gasteiger partial charge is 0.327 e. The van der Waals surface area contributed by atoms with Gasteiger partial charge in [0.2, 0.25) is 0 Å². The van der Waals surface area contributed by atoms with E-state index in [2.05, 4.69) is 35.8 Å². The van der Waals surface area contributed by atoms with E-state index in [9.17, 15) is 4.79 Å². The lowest BCUT2D eigenvalue weighted by atomic mass is 10.2. The number of amides is 2. The molecule has 0 aliphatic carbocycles. The molecule has 5 nitrogen and oxygen atoms in total. The lowest BCUT2D eigenvalue weighted by Gasteiger charge is -2.41. The molecule has 0 radical (unpaired) electrons. The maximum absolute atomic E-state index is 12.9. The average Bonchev–Trinajstić information content (AvgIpc) is 2.88. The summed E-state index contributed by atoms with van der Waals surface area (Å²) in [5.74, 6) is 0. The molecule has 6 heteroatoms. The van der Waals surface area contributed by atoms with Crippen LogP contribution in [0.3, 0.4) is 0 Å². The summed E-state index contributed by atoms with van der Waals surface area (Å²) in [4.78, 5) is 18.8. The third-order valence-corrected chi connectivity index (χ3v) is 4.86. The zero-order valence-corrected chi connectivity index (χ0v) is 15.3. The van der Waals surface area contributed by atoms with Gasteiger partial charge in [0.1, 0.15) is 5.00 Å². The second-order valence-corrected chi connectivity index (χ2v) is 6.74. The van der Waals surface area contributed by atoms with Crippen LogP contribution in [0.5, 0.6) is 0 Å². The number of carbonyl (C=O) groups excluding carboxylic acids is 1. The van der Waals surface area contributed by atoms with Crippen LogP contribution in [0.2, 0.25) is 0 Å². The number of aromatic nitrogens is 1. The Morgan fingerprint density at radius 2 is 2.17 bits per heavy atom. The van der Waals surface area contributed by atoms with Crippen molar-refractivity contribution in [3.8, 4) is 0 Å². The first-order chi connectivity index (χ1) is 11.0. The van der Waals surface area contributed by atoms with Crippen LogP contribution in [0.1, 0.15) is 32.0 Å². The molecule has 0 aromatic carbocycles. The highest BCUT2D eigenvalue weighted by atomic mass is 32.1. The van der Waals surface area contributed by atoms with Crippen LogP contribution < -0.4 is 4.90 Å². The van der Waals surface area contributed by atoms with Crippen molar-refractivity contribution in [2.24, 2.45) is 0 Å². The molecule has 0 spiro atoms. The highest BCUT2D eigenvalue weighted by Crippen LogP contribution is 2.31. The molecule has 0 unspecified atom stereocenters. The number of nitrogens with zero attached hydrogens (tertiary/aromatic N) is 4. The molecule has 2 amide bonds. The number of anilines is 1. The van der Waals surface area contributed by atoms with Gasteiger partial charge in [0.25, 0.3) is 0 Å². The Bertz CT molecular complexity index is 608. The molecule has 1 saturated heterocycles. The van der Waals surface area contributed by atoms with Gasteiger partial charge in [-0.1, -0.05) is 31.2 Å². The van der Waals surface area contributed by atoms with Gasteiger partial charge in [-0.2, -0.15) is 4.37 Å². The van der Waals surface area contributed by atoms with E-state index < -0.39 is 0 Å². The fourth-order valence-corrected chi connectivity index (χ4v) is 3.63. The van der Waals surface area contributed by atoms with Gasteiger partial charge in [0.15, 0.2) is 0 Å². The predicted octanol–water partition coefficient (Wildman–Crippen LogP) is 3.63. The summed E-state index contributed by atoms with van der Waals surface area (Å²) in [5, 5.41) is 0.962. The minimum atomic E-state index is 0.0409. The molecule has 1 fully saturated rings. The maximum atomic E-state index is 12.9. The topological polar surface area (TPSA) is 39.7 Å². The van der Waals surface area contributed by atoms with Gasteiger partial charge in [-0.3, -0.25) is 9.80 Å². The Kier molecular flexibility index (Phi) is 5.96. The maximum Gasteiger partial charge on any atom is 0.327 e. The van der Waals surface area contributed by atoms with Crippen molar-refractivity contribution in [2.75, 3.05) is 31.3 Å². The zero-order chi connectivity index (χ0) is 17.0. The van der Waals surface area contributed by atoms with Crippen LogP contribution in [-0.4, -0.2) is 46.6 Å². The molecule has 1 aromatic rings. The molecule has 1 aromatic heterocycles. The summed E-state index contributed by atoms with van der Waals surface area (Å²) in [6, 6.07) is 0.0409. The molecule has 0 N–H and O–H groups in total. The Labute approximate surface area is 143 Å². The van der Waals surface area contributed by atoms with E-state index in [1.54, 1.807) is 0 Å². The third-order valence-electron chi connectivity index (χ3n) is 3.85. The van der Waals surface area contributed by atoms with Crippen molar-refractivity contribution in [1.29, 1.82) is 0 Å². The summed E-state index contributed by atoms with van der Waals surface area (Å²) < 4.78 is 4.50. The third kappa shape index (κ3) is 4.00. The number of aryl methyl sites for hydroxylation is 1. The smallest absolute Gasteiger partial charge is 0.307 e. The van der Waals surface area contributed by atoms with Gasteiger partial charge >= 0.3 is 6.03 Å². The van der Waals surface area contributed by atoms with Crippen molar-refractivity contribution >= 4 is 22.6 Å². The van der Waals surface area contributed by atoms with Crippen molar-refractivity contribution in [1.82, 2.24) is 14.2 Å². The Morgan fingerprint density at radius 1 is 1.43 bits per heavy atom. The van der Waals surface area contributed by atoms with E-state index >= 15 is 0 Å². The van der Waals surface area contributed by atoms with E-state index in [4.69, 9.17) is 0 Å². The Balaban J connectivity index is 2.28. The normalized spacial score (nSPS) is 16.6. The highest BCUT2D eigenvalue weighted by molar-refractivity contribution is 7.10. The molecular weight excluding hydrogens is 308 g/mol. The van der Waals surface area contributed by atoms with Crippen molar-refractivity contribution < 1.29 is 4.79 Å². The number of rotatable bonds is 6. The van der Waals surface area contributed by atoms with Gasteiger partial charge in [-0.15, -0.1) is 0 Å². The first-order valence-corrected chi connectivity index (χ1v) is 8.74. The van der Waals surface area contributed by atoms with Crippen LogP contribution in [0, 0.1) is 6.92 Å². The predicted molar refractivity (Wildman–Crippen MR) is 96.9 cm³/mol. The lowest BCUT2D eigenvalue weighted by molar-refractivity contribution is 0.129. The fraction of sp³-hybridized carbons (Fsp3) is 0.529. The average molecular weight is 334 g/mol. The van der Waals surface area contributed by atoms with Crippen LogP contribution >= 0.6 is 11.5 Å². The fourth-order valence-electron chi connectivity index (χ4n) is 2.68. The standard InChI is InChI=1S/C17H26N4OS/c1-6-8-9-19-11-20(10-13(3)4)17(22)21(12-19)16-14(5)15(7-2)18-23-16/h6,8H,3,7,9-12H2,1-2,4-5H3/b8-6+. The lowest BCUT2D eigenvalue weighted by Crippen LogP contribution is -2.58. The van der Waals surface area contributed by atoms with Crippen LogP contribution in [0.15, 0.2) is 24.3 Å². The minimum absolute atomic E-state index is 0.0409. The van der Waals surface area contributed by atoms with Gasteiger partial charge in [0, 0.05) is 18.7 Å². The van der Waals surface area contributed by atoms with Crippen molar-refractivity contribution in [3.63, 3.8) is 0 Å². The number of urea groups is 1. The van der Waals surface area contributed by atoms with E-state index in [0.717, 1.165) is 34.8 Å². The van der Waals surface area contributed by atoms with E-state index in [0.29, 0.717) is 19.9 Å². The van der Waals surface area contributed by atoms with E-state index in [-0.39, 0.29) is 6.03 Å². The Hall–Kier alpha value is -1.66. The van der Waals surface area contributed by atoms with Crippen LogP contribution in [0.4, 0.5) is 9.80 Å². The molecule has 126 valence electrons. The minimum Gasteiger partial charge on any atom is -0.307 e. The second kappa shape index (κ2) is 7.75. The summed E-state index contributed by atoms with van der Waals surface area (Å²) >= 11 is 1.42. The van der Waals surface area contributed by atoms with Crippen molar-refractivity contribution in [2.45, 2.75) is 34.1 Å². The summed E-state index contributed by atoms with van der Waals surface area (Å²) in [7, 11) is 0. The molecule has 0 bridgehead atoms. The van der Waals surface area contributed by atoms with Crippen molar-refractivity contribution in [3.05, 3.63) is 35.6 Å².